The molecular weight excluding hydrogens is 513 g/mol. The number of halogens is 2. The number of aromatic nitrogens is 3. The summed E-state index contributed by atoms with van der Waals surface area (Å²) in [7, 11) is 0. The Hall–Kier alpha value is -2.94. The largest absolute Gasteiger partial charge is 0.370 e. The lowest BCUT2D eigenvalue weighted by molar-refractivity contribution is -0.136. The number of nitrogens with zero attached hydrogens (tertiary/aromatic N) is 4. The van der Waals surface area contributed by atoms with E-state index in [-0.39, 0.29) is 30.4 Å². The minimum absolute atomic E-state index is 0.000180. The molecule has 1 aromatic heterocycles. The number of hydrogen-bond acceptors (Lipinski definition) is 5. The van der Waals surface area contributed by atoms with E-state index in [1.54, 1.807) is 10.7 Å². The van der Waals surface area contributed by atoms with Crippen LogP contribution >= 0.6 is 23.2 Å². The highest BCUT2D eigenvalue weighted by Crippen LogP contribution is 2.24. The Morgan fingerprint density at radius 1 is 1.16 bits per heavy atom. The molecule has 0 saturated carbocycles. The van der Waals surface area contributed by atoms with Crippen LogP contribution in [0.2, 0.25) is 10.0 Å². The summed E-state index contributed by atoms with van der Waals surface area (Å²) >= 11 is 12.1. The molecule has 2 unspecified atom stereocenters. The van der Waals surface area contributed by atoms with Gasteiger partial charge in [0.1, 0.15) is 5.69 Å². The number of aryl methyl sites for hydroxylation is 1. The molecule has 10 heteroatoms. The van der Waals surface area contributed by atoms with Crippen molar-refractivity contribution in [1.29, 1.82) is 0 Å². The first-order valence-corrected chi connectivity index (χ1v) is 13.1. The van der Waals surface area contributed by atoms with Gasteiger partial charge in [0.15, 0.2) is 0 Å². The molecule has 2 amide bonds. The maximum atomic E-state index is 13.1. The van der Waals surface area contributed by atoms with E-state index >= 15 is 0 Å². The first-order chi connectivity index (χ1) is 17.8. The van der Waals surface area contributed by atoms with Crippen LogP contribution in [0.25, 0.3) is 0 Å². The number of piperidine rings is 1. The normalized spacial score (nSPS) is 16.4. The summed E-state index contributed by atoms with van der Waals surface area (Å²) in [5.74, 6) is -0.161. The van der Waals surface area contributed by atoms with Crippen LogP contribution in [0.3, 0.4) is 0 Å². The molecule has 2 aromatic carbocycles. The van der Waals surface area contributed by atoms with Gasteiger partial charge in [0, 0.05) is 20.0 Å². The molecule has 1 saturated heterocycles. The van der Waals surface area contributed by atoms with Crippen molar-refractivity contribution in [3.8, 4) is 0 Å². The van der Waals surface area contributed by atoms with Crippen LogP contribution in [0.4, 0.5) is 0 Å². The highest BCUT2D eigenvalue weighted by molar-refractivity contribution is 6.42. The summed E-state index contributed by atoms with van der Waals surface area (Å²) in [5, 5.41) is 12.3. The van der Waals surface area contributed by atoms with Crippen molar-refractivity contribution in [2.75, 3.05) is 13.1 Å². The van der Waals surface area contributed by atoms with Gasteiger partial charge in [-0.15, -0.1) is 5.10 Å². The maximum Gasteiger partial charge on any atom is 0.225 e. The van der Waals surface area contributed by atoms with E-state index in [4.69, 9.17) is 27.9 Å². The number of rotatable bonds is 9. The van der Waals surface area contributed by atoms with Crippen molar-refractivity contribution in [1.82, 2.24) is 25.2 Å². The molecule has 2 heterocycles. The molecule has 0 aliphatic carbocycles. The second-order valence-corrected chi connectivity index (χ2v) is 10.3. The van der Waals surface area contributed by atoms with Gasteiger partial charge in [-0.25, -0.2) is 4.68 Å². The summed E-state index contributed by atoms with van der Waals surface area (Å²) in [6.07, 6.45) is 3.69. The summed E-state index contributed by atoms with van der Waals surface area (Å²) < 4.78 is 7.82. The molecule has 1 N–H and O–H groups in total. The number of ether oxygens (including phenoxy) is 1. The summed E-state index contributed by atoms with van der Waals surface area (Å²) in [5.41, 5.74) is 3.73. The van der Waals surface area contributed by atoms with Crippen LogP contribution in [-0.2, 0) is 27.5 Å². The Morgan fingerprint density at radius 3 is 2.68 bits per heavy atom. The fourth-order valence-electron chi connectivity index (χ4n) is 4.41. The molecule has 1 aliphatic heterocycles. The van der Waals surface area contributed by atoms with E-state index in [0.717, 1.165) is 29.5 Å². The average Bonchev–Trinajstić information content (AvgIpc) is 3.32. The number of nitrogens with one attached hydrogen (secondary N) is 1. The monoisotopic (exact) mass is 543 g/mol. The van der Waals surface area contributed by atoms with Gasteiger partial charge in [0.05, 0.1) is 48.0 Å². The molecule has 0 radical (unpaired) electrons. The van der Waals surface area contributed by atoms with Crippen LogP contribution in [0, 0.1) is 6.92 Å². The highest BCUT2D eigenvalue weighted by Gasteiger charge is 2.27. The number of benzene rings is 2. The number of carbonyl (C=O) groups excluding carboxylic acids is 2. The van der Waals surface area contributed by atoms with Crippen molar-refractivity contribution >= 4 is 35.0 Å². The number of carbonyl (C=O) groups is 2. The topological polar surface area (TPSA) is 89.4 Å². The minimum atomic E-state index is -0.363. The van der Waals surface area contributed by atoms with Gasteiger partial charge in [-0.2, -0.15) is 0 Å². The zero-order chi connectivity index (χ0) is 26.4. The van der Waals surface area contributed by atoms with Gasteiger partial charge >= 0.3 is 0 Å². The van der Waals surface area contributed by atoms with Crippen molar-refractivity contribution in [2.24, 2.45) is 0 Å². The van der Waals surface area contributed by atoms with Crippen molar-refractivity contribution in [3.05, 3.63) is 81.1 Å². The molecule has 1 aliphatic rings. The smallest absolute Gasteiger partial charge is 0.225 e. The molecular formula is C27H31Cl2N5O3. The van der Waals surface area contributed by atoms with Gasteiger partial charge in [0.25, 0.3) is 0 Å². The molecule has 37 heavy (non-hydrogen) atoms. The fourth-order valence-corrected chi connectivity index (χ4v) is 4.73. The Balaban J connectivity index is 1.30. The summed E-state index contributed by atoms with van der Waals surface area (Å²) in [6.45, 7) is 5.50. The van der Waals surface area contributed by atoms with Gasteiger partial charge < -0.3 is 15.0 Å². The fraction of sp³-hybridized carbons (Fsp3) is 0.407. The number of hydrogen-bond donors (Lipinski definition) is 1. The lowest BCUT2D eigenvalue weighted by Crippen LogP contribution is -2.44. The zero-order valence-corrected chi connectivity index (χ0v) is 22.5. The molecule has 0 bridgehead atoms. The molecule has 196 valence electrons. The van der Waals surface area contributed by atoms with E-state index in [0.29, 0.717) is 42.0 Å². The second kappa shape index (κ2) is 12.5. The predicted octanol–water partition coefficient (Wildman–Crippen LogP) is 4.72. The Labute approximate surface area is 226 Å². The quantitative estimate of drug-likeness (QED) is 0.421. The third-order valence-corrected chi connectivity index (χ3v) is 7.09. The van der Waals surface area contributed by atoms with Crippen LogP contribution in [-0.4, -0.2) is 50.9 Å². The lowest BCUT2D eigenvalue weighted by atomic mass is 10.0. The van der Waals surface area contributed by atoms with Crippen molar-refractivity contribution in [2.45, 2.75) is 58.4 Å². The third kappa shape index (κ3) is 7.77. The van der Waals surface area contributed by atoms with E-state index in [9.17, 15) is 9.59 Å². The standard InChI is InChI=1S/C27H31Cl2N5O3/c1-18-5-8-21(9-6-18)26(30-19(2)35)13-27(36)33-11-3-4-23(16-33)37-17-22-15-34(32-31-22)14-20-7-10-24(28)25(29)12-20/h5-10,12,15,23,26H,3-4,11,13-14,16-17H2,1-2H3,(H,30,35). The average molecular weight is 544 g/mol. The van der Waals surface area contributed by atoms with Gasteiger partial charge in [0.2, 0.25) is 11.8 Å². The lowest BCUT2D eigenvalue weighted by Gasteiger charge is -2.33. The maximum absolute atomic E-state index is 13.1. The third-order valence-electron chi connectivity index (χ3n) is 6.35. The van der Waals surface area contributed by atoms with Crippen LogP contribution in [0.5, 0.6) is 0 Å². The molecule has 4 rings (SSSR count). The summed E-state index contributed by atoms with van der Waals surface area (Å²) in [4.78, 5) is 26.8. The molecule has 2 atom stereocenters. The van der Waals surface area contributed by atoms with Crippen LogP contribution in [0.1, 0.15) is 54.6 Å². The predicted molar refractivity (Wildman–Crippen MR) is 142 cm³/mol. The van der Waals surface area contributed by atoms with Gasteiger partial charge in [-0.05, 0) is 43.0 Å². The molecule has 8 nitrogen and oxygen atoms in total. The first kappa shape index (κ1) is 27.1. The zero-order valence-electron chi connectivity index (χ0n) is 21.0. The Bertz CT molecular complexity index is 1230. The van der Waals surface area contributed by atoms with Gasteiger partial charge in [-0.1, -0.05) is 64.3 Å². The Kier molecular flexibility index (Phi) is 9.18. The van der Waals surface area contributed by atoms with E-state index in [1.165, 1.54) is 6.92 Å². The highest BCUT2D eigenvalue weighted by atomic mass is 35.5. The Morgan fingerprint density at radius 2 is 1.95 bits per heavy atom. The van der Waals surface area contributed by atoms with E-state index in [1.807, 2.05) is 54.4 Å². The van der Waals surface area contributed by atoms with E-state index in [2.05, 4.69) is 15.6 Å². The van der Waals surface area contributed by atoms with Gasteiger partial charge in [-0.3, -0.25) is 9.59 Å². The molecule has 0 spiro atoms. The van der Waals surface area contributed by atoms with Crippen LogP contribution in [0.15, 0.2) is 48.7 Å². The van der Waals surface area contributed by atoms with E-state index < -0.39 is 0 Å². The summed E-state index contributed by atoms with van der Waals surface area (Å²) in [6, 6.07) is 13.0. The van der Waals surface area contributed by atoms with Crippen LogP contribution < -0.4 is 5.32 Å². The molecule has 3 aromatic rings. The molecule has 1 fully saturated rings. The van der Waals surface area contributed by atoms with Crippen molar-refractivity contribution < 1.29 is 14.3 Å². The second-order valence-electron chi connectivity index (χ2n) is 9.44. The number of amides is 2. The number of likely N-dealkylation sites (tertiary alicyclic amines) is 1. The SMILES string of the molecule is CC(=O)NC(CC(=O)N1CCCC(OCc2cn(Cc3ccc(Cl)c(Cl)c3)nn2)C1)c1ccc(C)cc1. The van der Waals surface area contributed by atoms with Crippen molar-refractivity contribution in [3.63, 3.8) is 0 Å². The first-order valence-electron chi connectivity index (χ1n) is 12.3. The minimum Gasteiger partial charge on any atom is -0.370 e.